The van der Waals surface area contributed by atoms with Crippen molar-refractivity contribution < 1.29 is 19.0 Å². The number of para-hydroxylation sites is 2. The van der Waals surface area contributed by atoms with Gasteiger partial charge < -0.3 is 19.5 Å². The Hall–Kier alpha value is -1.79. The topological polar surface area (TPSA) is 68.8 Å². The second-order valence-electron chi connectivity index (χ2n) is 4.12. The van der Waals surface area contributed by atoms with E-state index in [0.29, 0.717) is 24.6 Å². The molecule has 2 rings (SSSR count). The van der Waals surface area contributed by atoms with Gasteiger partial charge in [0.1, 0.15) is 18.5 Å². The molecule has 0 spiro atoms. The molecular formula is C13H18N2O4. The van der Waals surface area contributed by atoms with Crippen molar-refractivity contribution in [2.45, 2.75) is 6.10 Å². The Morgan fingerprint density at radius 3 is 3.11 bits per heavy atom. The smallest absolute Gasteiger partial charge is 0.411 e. The quantitative estimate of drug-likeness (QED) is 0.858. The van der Waals surface area contributed by atoms with Gasteiger partial charge in [0.05, 0.1) is 19.4 Å². The maximum Gasteiger partial charge on any atom is 0.411 e. The second kappa shape index (κ2) is 6.96. The van der Waals surface area contributed by atoms with Gasteiger partial charge in [-0.05, 0) is 12.1 Å². The first kappa shape index (κ1) is 13.6. The number of hydrogen-bond acceptors (Lipinski definition) is 5. The van der Waals surface area contributed by atoms with Crippen molar-refractivity contribution in [1.82, 2.24) is 5.32 Å². The zero-order valence-electron chi connectivity index (χ0n) is 10.8. The Kier molecular flexibility index (Phi) is 5.00. The maximum absolute atomic E-state index is 11.7. The minimum absolute atomic E-state index is 0.0860. The lowest BCUT2D eigenvalue weighted by Crippen LogP contribution is -2.41. The van der Waals surface area contributed by atoms with Crippen LogP contribution in [0.5, 0.6) is 5.75 Å². The van der Waals surface area contributed by atoms with Crippen molar-refractivity contribution in [2.75, 3.05) is 38.7 Å². The molecule has 6 nitrogen and oxygen atoms in total. The van der Waals surface area contributed by atoms with E-state index in [1.807, 2.05) is 12.1 Å². The number of methoxy groups -OCH3 is 1. The molecule has 0 saturated carbocycles. The highest BCUT2D eigenvalue weighted by molar-refractivity contribution is 5.86. The van der Waals surface area contributed by atoms with E-state index in [-0.39, 0.29) is 12.7 Å². The first-order valence-electron chi connectivity index (χ1n) is 6.18. The molecule has 1 atom stereocenters. The molecule has 1 aliphatic rings. The van der Waals surface area contributed by atoms with Gasteiger partial charge in [-0.25, -0.2) is 4.79 Å². The highest BCUT2D eigenvalue weighted by Crippen LogP contribution is 2.22. The van der Waals surface area contributed by atoms with E-state index in [0.717, 1.165) is 6.54 Å². The number of benzene rings is 1. The number of nitrogens with one attached hydrogen (secondary N) is 2. The van der Waals surface area contributed by atoms with Crippen LogP contribution >= 0.6 is 0 Å². The molecule has 1 aromatic carbocycles. The van der Waals surface area contributed by atoms with E-state index in [1.54, 1.807) is 19.2 Å². The molecule has 104 valence electrons. The number of hydrogen-bond donors (Lipinski definition) is 2. The molecular weight excluding hydrogens is 248 g/mol. The summed E-state index contributed by atoms with van der Waals surface area (Å²) in [4.78, 5) is 11.7. The van der Waals surface area contributed by atoms with E-state index in [9.17, 15) is 4.79 Å². The summed E-state index contributed by atoms with van der Waals surface area (Å²) in [5, 5.41) is 5.81. The van der Waals surface area contributed by atoms with Gasteiger partial charge in [0.15, 0.2) is 0 Å². The lowest BCUT2D eigenvalue weighted by molar-refractivity contribution is -0.00985. The SMILES string of the molecule is COc1ccccc1NC(=O)OCC1CNCCO1. The molecule has 2 N–H and O–H groups in total. The Morgan fingerprint density at radius 1 is 1.53 bits per heavy atom. The van der Waals surface area contributed by atoms with Crippen molar-refractivity contribution in [3.63, 3.8) is 0 Å². The second-order valence-corrected chi connectivity index (χ2v) is 4.12. The Bertz CT molecular complexity index is 419. The van der Waals surface area contributed by atoms with Crippen molar-refractivity contribution >= 4 is 11.8 Å². The number of carbonyl (C=O) groups excluding carboxylic acids is 1. The highest BCUT2D eigenvalue weighted by Gasteiger charge is 2.16. The fraction of sp³-hybridized carbons (Fsp3) is 0.462. The number of amides is 1. The zero-order chi connectivity index (χ0) is 13.5. The average Bonchev–Trinajstić information content (AvgIpc) is 2.47. The molecule has 0 aliphatic carbocycles. The predicted molar refractivity (Wildman–Crippen MR) is 70.6 cm³/mol. The van der Waals surface area contributed by atoms with Gasteiger partial charge in [0, 0.05) is 13.1 Å². The lowest BCUT2D eigenvalue weighted by atomic mass is 10.3. The molecule has 0 bridgehead atoms. The Labute approximate surface area is 112 Å². The number of rotatable bonds is 4. The van der Waals surface area contributed by atoms with Crippen LogP contribution in [0.4, 0.5) is 10.5 Å². The van der Waals surface area contributed by atoms with Crippen molar-refractivity contribution in [1.29, 1.82) is 0 Å². The minimum Gasteiger partial charge on any atom is -0.495 e. The lowest BCUT2D eigenvalue weighted by Gasteiger charge is -2.23. The first-order valence-corrected chi connectivity index (χ1v) is 6.18. The number of carbonyl (C=O) groups is 1. The summed E-state index contributed by atoms with van der Waals surface area (Å²) in [5.74, 6) is 0.593. The summed E-state index contributed by atoms with van der Waals surface area (Å²) in [7, 11) is 1.55. The van der Waals surface area contributed by atoms with Crippen LogP contribution in [0.15, 0.2) is 24.3 Å². The molecule has 0 aromatic heterocycles. The third-order valence-corrected chi connectivity index (χ3v) is 2.75. The van der Waals surface area contributed by atoms with E-state index in [4.69, 9.17) is 14.2 Å². The molecule has 1 unspecified atom stereocenters. The third kappa shape index (κ3) is 4.11. The van der Waals surface area contributed by atoms with E-state index in [2.05, 4.69) is 10.6 Å². The average molecular weight is 266 g/mol. The van der Waals surface area contributed by atoms with E-state index in [1.165, 1.54) is 0 Å². The molecule has 1 saturated heterocycles. The Balaban J connectivity index is 1.80. The Morgan fingerprint density at radius 2 is 2.37 bits per heavy atom. The molecule has 1 aliphatic heterocycles. The minimum atomic E-state index is -0.515. The van der Waals surface area contributed by atoms with Gasteiger partial charge >= 0.3 is 6.09 Å². The fourth-order valence-corrected chi connectivity index (χ4v) is 1.79. The fourth-order valence-electron chi connectivity index (χ4n) is 1.79. The van der Waals surface area contributed by atoms with Crippen LogP contribution in [0.3, 0.4) is 0 Å². The predicted octanol–water partition coefficient (Wildman–Crippen LogP) is 1.23. The van der Waals surface area contributed by atoms with Crippen LogP contribution in [-0.2, 0) is 9.47 Å². The molecule has 1 amide bonds. The molecule has 1 aromatic rings. The van der Waals surface area contributed by atoms with Crippen molar-refractivity contribution in [3.05, 3.63) is 24.3 Å². The van der Waals surface area contributed by atoms with Crippen LogP contribution in [0.2, 0.25) is 0 Å². The maximum atomic E-state index is 11.7. The van der Waals surface area contributed by atoms with Crippen molar-refractivity contribution in [2.24, 2.45) is 0 Å². The molecule has 1 fully saturated rings. The van der Waals surface area contributed by atoms with E-state index < -0.39 is 6.09 Å². The van der Waals surface area contributed by atoms with Crippen molar-refractivity contribution in [3.8, 4) is 5.75 Å². The summed E-state index contributed by atoms with van der Waals surface area (Å²) < 4.78 is 15.7. The number of ether oxygens (including phenoxy) is 3. The van der Waals surface area contributed by atoms with Crippen LogP contribution in [0, 0.1) is 0 Å². The van der Waals surface area contributed by atoms with Gasteiger partial charge in [0.25, 0.3) is 0 Å². The summed E-state index contributed by atoms with van der Waals surface area (Å²) >= 11 is 0. The summed E-state index contributed by atoms with van der Waals surface area (Å²) in [5.41, 5.74) is 0.581. The summed E-state index contributed by atoms with van der Waals surface area (Å²) in [6.07, 6.45) is -0.601. The van der Waals surface area contributed by atoms with Crippen LogP contribution in [0.1, 0.15) is 0 Å². The molecule has 6 heteroatoms. The summed E-state index contributed by atoms with van der Waals surface area (Å²) in [6, 6.07) is 7.16. The monoisotopic (exact) mass is 266 g/mol. The molecule has 0 radical (unpaired) electrons. The number of anilines is 1. The van der Waals surface area contributed by atoms with Gasteiger partial charge in [-0.15, -0.1) is 0 Å². The zero-order valence-corrected chi connectivity index (χ0v) is 10.8. The number of morpholine rings is 1. The van der Waals surface area contributed by atoms with Gasteiger partial charge in [-0.2, -0.15) is 0 Å². The van der Waals surface area contributed by atoms with Gasteiger partial charge in [-0.3, -0.25) is 5.32 Å². The van der Waals surface area contributed by atoms with Gasteiger partial charge in [-0.1, -0.05) is 12.1 Å². The largest absolute Gasteiger partial charge is 0.495 e. The molecule has 1 heterocycles. The highest BCUT2D eigenvalue weighted by atomic mass is 16.6. The first-order chi connectivity index (χ1) is 9.29. The van der Waals surface area contributed by atoms with Crippen LogP contribution in [-0.4, -0.2) is 45.6 Å². The van der Waals surface area contributed by atoms with E-state index >= 15 is 0 Å². The third-order valence-electron chi connectivity index (χ3n) is 2.75. The normalized spacial score (nSPS) is 18.7. The summed E-state index contributed by atoms with van der Waals surface area (Å²) in [6.45, 7) is 2.40. The van der Waals surface area contributed by atoms with Crippen LogP contribution in [0.25, 0.3) is 0 Å². The van der Waals surface area contributed by atoms with Gasteiger partial charge in [0.2, 0.25) is 0 Å². The molecule has 19 heavy (non-hydrogen) atoms. The standard InChI is InChI=1S/C13H18N2O4/c1-17-12-5-3-2-4-11(12)15-13(16)19-9-10-8-14-6-7-18-10/h2-5,10,14H,6-9H2,1H3,(H,15,16). The van der Waals surface area contributed by atoms with Crippen LogP contribution < -0.4 is 15.4 Å².